The number of carbonyl (C=O) groups excluding carboxylic acids is 5. The van der Waals surface area contributed by atoms with Crippen molar-refractivity contribution < 1.29 is 28.7 Å². The van der Waals surface area contributed by atoms with E-state index in [1.807, 2.05) is 6.92 Å². The fraction of sp³-hybridized carbons (Fsp3) is 0.476. The zero-order valence-electron chi connectivity index (χ0n) is 17.0. The van der Waals surface area contributed by atoms with E-state index in [4.69, 9.17) is 4.74 Å². The number of hydrogen-bond acceptors (Lipinski definition) is 6. The van der Waals surface area contributed by atoms with Crippen LogP contribution in [0, 0.1) is 5.92 Å². The first kappa shape index (κ1) is 21.5. The van der Waals surface area contributed by atoms with E-state index >= 15 is 0 Å². The molecule has 2 atom stereocenters. The number of esters is 1. The minimum atomic E-state index is -0.955. The van der Waals surface area contributed by atoms with Crippen LogP contribution in [0.1, 0.15) is 49.9 Å². The molecule has 3 rings (SSSR count). The Morgan fingerprint density at radius 3 is 2.67 bits per heavy atom. The lowest BCUT2D eigenvalue weighted by Crippen LogP contribution is -2.54. The second-order valence-corrected chi connectivity index (χ2v) is 7.75. The summed E-state index contributed by atoms with van der Waals surface area (Å²) in [7, 11) is 0. The number of rotatable bonds is 6. The minimum absolute atomic E-state index is 0.0177. The van der Waals surface area contributed by atoms with Crippen LogP contribution in [-0.2, 0) is 19.1 Å². The molecule has 0 unspecified atom stereocenters. The highest BCUT2D eigenvalue weighted by molar-refractivity contribution is 6.09. The number of ketones is 1. The Labute approximate surface area is 174 Å². The third-order valence-corrected chi connectivity index (χ3v) is 5.73. The Bertz CT molecular complexity index is 898. The van der Waals surface area contributed by atoms with Crippen molar-refractivity contribution >= 4 is 35.3 Å². The van der Waals surface area contributed by atoms with Crippen LogP contribution in [0.3, 0.4) is 0 Å². The molecule has 1 saturated heterocycles. The molecule has 9 nitrogen and oxygen atoms in total. The molecule has 1 aliphatic heterocycles. The summed E-state index contributed by atoms with van der Waals surface area (Å²) in [6, 6.07) is 5.85. The number of urea groups is 1. The van der Waals surface area contributed by atoms with E-state index < -0.39 is 42.5 Å². The summed E-state index contributed by atoms with van der Waals surface area (Å²) in [5, 5.41) is 5.27. The Balaban J connectivity index is 1.55. The lowest BCUT2D eigenvalue weighted by Gasteiger charge is -2.36. The molecule has 1 heterocycles. The van der Waals surface area contributed by atoms with Gasteiger partial charge in [-0.1, -0.05) is 31.9 Å². The average Bonchev–Trinajstić information content (AvgIpc) is 2.94. The molecule has 0 aromatic heterocycles. The van der Waals surface area contributed by atoms with Crippen LogP contribution in [0.5, 0.6) is 0 Å². The van der Waals surface area contributed by atoms with E-state index in [-0.39, 0.29) is 11.7 Å². The molecule has 1 saturated carbocycles. The highest BCUT2D eigenvalue weighted by Gasteiger charge is 2.55. The molecule has 2 fully saturated rings. The monoisotopic (exact) mass is 415 g/mol. The van der Waals surface area contributed by atoms with E-state index in [1.165, 1.54) is 6.92 Å². The molecule has 4 amide bonds. The first-order valence-corrected chi connectivity index (χ1v) is 9.94. The van der Waals surface area contributed by atoms with E-state index in [1.54, 1.807) is 24.3 Å². The largest absolute Gasteiger partial charge is 0.454 e. The van der Waals surface area contributed by atoms with Crippen LogP contribution in [0.25, 0.3) is 0 Å². The van der Waals surface area contributed by atoms with Crippen LogP contribution in [0.15, 0.2) is 24.3 Å². The molecule has 2 N–H and O–H groups in total. The normalized spacial score (nSPS) is 23.3. The summed E-state index contributed by atoms with van der Waals surface area (Å²) in [6.07, 6.45) is 3.20. The summed E-state index contributed by atoms with van der Waals surface area (Å²) in [4.78, 5) is 61.8. The SMILES string of the molecule is CC(=O)c1ccccc1NC(=O)COC(=O)CN1C(=O)N[C@@]2(CCCC[C@@H]2C)C1=O. The van der Waals surface area contributed by atoms with Gasteiger partial charge in [-0.25, -0.2) is 4.79 Å². The Morgan fingerprint density at radius 1 is 1.23 bits per heavy atom. The third kappa shape index (κ3) is 4.19. The predicted octanol–water partition coefficient (Wildman–Crippen LogP) is 1.87. The number of amides is 4. The van der Waals surface area contributed by atoms with Gasteiger partial charge < -0.3 is 15.4 Å². The minimum Gasteiger partial charge on any atom is -0.454 e. The lowest BCUT2D eigenvalue weighted by atomic mass is 9.73. The lowest BCUT2D eigenvalue weighted by molar-refractivity contribution is -0.150. The molecule has 1 spiro atoms. The zero-order valence-corrected chi connectivity index (χ0v) is 17.0. The van der Waals surface area contributed by atoms with Gasteiger partial charge >= 0.3 is 12.0 Å². The average molecular weight is 415 g/mol. The van der Waals surface area contributed by atoms with Gasteiger partial charge in [-0.2, -0.15) is 0 Å². The van der Waals surface area contributed by atoms with E-state index in [0.717, 1.165) is 24.2 Å². The number of nitrogens with one attached hydrogen (secondary N) is 2. The first-order valence-electron chi connectivity index (χ1n) is 9.94. The van der Waals surface area contributed by atoms with Crippen LogP contribution in [0.2, 0.25) is 0 Å². The molecule has 1 aromatic rings. The number of nitrogens with zero attached hydrogens (tertiary/aromatic N) is 1. The van der Waals surface area contributed by atoms with Crippen molar-refractivity contribution in [2.45, 2.75) is 45.1 Å². The fourth-order valence-corrected chi connectivity index (χ4v) is 4.05. The number of hydrogen-bond donors (Lipinski definition) is 2. The molecule has 160 valence electrons. The van der Waals surface area contributed by atoms with Gasteiger partial charge in [0.25, 0.3) is 11.8 Å². The second-order valence-electron chi connectivity index (χ2n) is 7.75. The smallest absolute Gasteiger partial charge is 0.326 e. The van der Waals surface area contributed by atoms with Crippen molar-refractivity contribution in [1.29, 1.82) is 0 Å². The van der Waals surface area contributed by atoms with Crippen molar-refractivity contribution in [2.75, 3.05) is 18.5 Å². The summed E-state index contributed by atoms with van der Waals surface area (Å²) in [5.41, 5.74) is -0.305. The number of imide groups is 1. The standard InChI is InChI=1S/C21H25N3O6/c1-13-7-5-6-10-21(13)19(28)24(20(29)23-21)11-18(27)30-12-17(26)22-16-9-4-3-8-15(16)14(2)25/h3-4,8-9,13H,5-7,10-12H2,1-2H3,(H,22,26)(H,23,29)/t13-,21+/m0/s1. The quantitative estimate of drug-likeness (QED) is 0.416. The van der Waals surface area contributed by atoms with Crippen LogP contribution in [-0.4, -0.2) is 53.2 Å². The molecule has 0 bridgehead atoms. The summed E-state index contributed by atoms with van der Waals surface area (Å²) in [5.74, 6) is -2.15. The fourth-order valence-electron chi connectivity index (χ4n) is 4.05. The van der Waals surface area contributed by atoms with E-state index in [9.17, 15) is 24.0 Å². The van der Waals surface area contributed by atoms with Crippen LogP contribution in [0.4, 0.5) is 10.5 Å². The van der Waals surface area contributed by atoms with Gasteiger partial charge in [0.15, 0.2) is 12.4 Å². The van der Waals surface area contributed by atoms with Gasteiger partial charge in [0, 0.05) is 5.56 Å². The number of ether oxygens (including phenoxy) is 1. The maximum atomic E-state index is 12.8. The van der Waals surface area contributed by atoms with E-state index in [2.05, 4.69) is 10.6 Å². The molecule has 30 heavy (non-hydrogen) atoms. The van der Waals surface area contributed by atoms with Gasteiger partial charge in [-0.15, -0.1) is 0 Å². The maximum absolute atomic E-state index is 12.8. The van der Waals surface area contributed by atoms with Gasteiger partial charge in [-0.05, 0) is 37.8 Å². The van der Waals surface area contributed by atoms with Crippen LogP contribution >= 0.6 is 0 Å². The molecule has 1 aromatic carbocycles. The number of anilines is 1. The second kappa shape index (κ2) is 8.64. The molecule has 1 aliphatic carbocycles. The number of para-hydroxylation sites is 1. The van der Waals surface area contributed by atoms with Gasteiger partial charge in [0.2, 0.25) is 0 Å². The van der Waals surface area contributed by atoms with Crippen molar-refractivity contribution in [3.8, 4) is 0 Å². The zero-order chi connectivity index (χ0) is 21.9. The maximum Gasteiger partial charge on any atom is 0.326 e. The highest BCUT2D eigenvalue weighted by Crippen LogP contribution is 2.38. The number of Topliss-reactive ketones (excluding diaryl/α,β-unsaturated/α-hetero) is 1. The van der Waals surface area contributed by atoms with Crippen molar-refractivity contribution in [2.24, 2.45) is 5.92 Å². The molecule has 0 radical (unpaired) electrons. The highest BCUT2D eigenvalue weighted by atomic mass is 16.5. The molecular weight excluding hydrogens is 390 g/mol. The van der Waals surface area contributed by atoms with Crippen molar-refractivity contribution in [3.63, 3.8) is 0 Å². The Hall–Kier alpha value is -3.23. The van der Waals surface area contributed by atoms with E-state index in [0.29, 0.717) is 17.7 Å². The van der Waals surface area contributed by atoms with Gasteiger partial charge in [0.05, 0.1) is 5.69 Å². The molecule has 9 heteroatoms. The summed E-state index contributed by atoms with van der Waals surface area (Å²) < 4.78 is 4.93. The Kier molecular flexibility index (Phi) is 6.19. The molecule has 2 aliphatic rings. The third-order valence-electron chi connectivity index (χ3n) is 5.73. The van der Waals surface area contributed by atoms with Crippen LogP contribution < -0.4 is 10.6 Å². The number of benzene rings is 1. The van der Waals surface area contributed by atoms with Crippen molar-refractivity contribution in [3.05, 3.63) is 29.8 Å². The molecular formula is C21H25N3O6. The van der Waals surface area contributed by atoms with Gasteiger partial charge in [0.1, 0.15) is 12.1 Å². The first-order chi connectivity index (χ1) is 14.2. The van der Waals surface area contributed by atoms with Crippen molar-refractivity contribution in [1.82, 2.24) is 10.2 Å². The number of carbonyl (C=O) groups is 5. The summed E-state index contributed by atoms with van der Waals surface area (Å²) in [6.45, 7) is 2.14. The Morgan fingerprint density at radius 2 is 1.97 bits per heavy atom. The predicted molar refractivity (Wildman–Crippen MR) is 107 cm³/mol. The summed E-state index contributed by atoms with van der Waals surface area (Å²) >= 11 is 0. The van der Waals surface area contributed by atoms with Gasteiger partial charge in [-0.3, -0.25) is 24.1 Å². The topological polar surface area (TPSA) is 122 Å².